The number of aromatic nitrogens is 2. The molecule has 0 unspecified atom stereocenters. The molecule has 0 spiro atoms. The highest BCUT2D eigenvalue weighted by atomic mass is 16.5. The molecule has 2 N–H and O–H groups in total. The molecule has 0 fully saturated rings. The van der Waals surface area contributed by atoms with Gasteiger partial charge < -0.3 is 15.0 Å². The second kappa shape index (κ2) is 2.60. The van der Waals surface area contributed by atoms with Gasteiger partial charge in [-0.2, -0.15) is 4.98 Å². The predicted molar refractivity (Wildman–Crippen MR) is 42.9 cm³/mol. The number of hydrogen-bond acceptors (Lipinski definition) is 4. The Hall–Kier alpha value is -1.36. The van der Waals surface area contributed by atoms with Gasteiger partial charge in [0.15, 0.2) is 0 Å². The van der Waals surface area contributed by atoms with E-state index in [0.29, 0.717) is 19.0 Å². The molecule has 5 heteroatoms. The van der Waals surface area contributed by atoms with Crippen LogP contribution in [0.4, 0.5) is 5.82 Å². The van der Waals surface area contributed by atoms with Crippen molar-refractivity contribution in [2.24, 2.45) is 0 Å². The van der Waals surface area contributed by atoms with E-state index in [2.05, 4.69) is 15.3 Å². The molecule has 0 radical (unpaired) electrons. The average Bonchev–Trinajstić information content (AvgIpc) is 2.50. The molecule has 0 atom stereocenters. The van der Waals surface area contributed by atoms with Crippen molar-refractivity contribution in [2.75, 3.05) is 12.4 Å². The molecule has 0 bridgehead atoms. The maximum absolute atomic E-state index is 10.9. The van der Waals surface area contributed by atoms with Crippen molar-refractivity contribution in [3.05, 3.63) is 21.7 Å². The van der Waals surface area contributed by atoms with Crippen molar-refractivity contribution in [3.63, 3.8) is 0 Å². The van der Waals surface area contributed by atoms with Crippen LogP contribution in [-0.2, 0) is 18.0 Å². The van der Waals surface area contributed by atoms with E-state index in [0.717, 1.165) is 11.3 Å². The fourth-order valence-electron chi connectivity index (χ4n) is 1.29. The number of rotatable bonds is 1. The van der Waals surface area contributed by atoms with Crippen molar-refractivity contribution in [2.45, 2.75) is 13.2 Å². The van der Waals surface area contributed by atoms with Crippen LogP contribution >= 0.6 is 0 Å². The van der Waals surface area contributed by atoms with Crippen LogP contribution in [0, 0.1) is 0 Å². The molecule has 0 aromatic carbocycles. The number of nitrogens with zero attached hydrogens (tertiary/aromatic N) is 1. The summed E-state index contributed by atoms with van der Waals surface area (Å²) in [6.45, 7) is 0.997. The third kappa shape index (κ3) is 0.984. The molecule has 1 aromatic rings. The number of nitrogens with one attached hydrogen (secondary N) is 2. The number of fused-ring (bicyclic) bond motifs is 1. The minimum atomic E-state index is -0.330. The van der Waals surface area contributed by atoms with Gasteiger partial charge in [0.25, 0.3) is 0 Å². The summed E-state index contributed by atoms with van der Waals surface area (Å²) in [6, 6.07) is 0. The van der Waals surface area contributed by atoms with Crippen LogP contribution in [0.1, 0.15) is 11.3 Å². The molecule has 0 saturated carbocycles. The first-order valence-electron chi connectivity index (χ1n) is 3.69. The molecule has 1 aliphatic heterocycles. The Morgan fingerprint density at radius 1 is 1.58 bits per heavy atom. The van der Waals surface area contributed by atoms with Gasteiger partial charge in [-0.15, -0.1) is 0 Å². The van der Waals surface area contributed by atoms with Gasteiger partial charge in [0.05, 0.1) is 18.9 Å². The second-order valence-corrected chi connectivity index (χ2v) is 2.59. The molecule has 0 saturated heterocycles. The molecular weight excluding hydrogens is 158 g/mol. The maximum Gasteiger partial charge on any atom is 0.347 e. The second-order valence-electron chi connectivity index (χ2n) is 2.59. The van der Waals surface area contributed by atoms with Gasteiger partial charge in [0, 0.05) is 12.6 Å². The van der Waals surface area contributed by atoms with E-state index < -0.39 is 0 Å². The van der Waals surface area contributed by atoms with Crippen LogP contribution in [0.5, 0.6) is 0 Å². The van der Waals surface area contributed by atoms with Crippen molar-refractivity contribution < 1.29 is 4.74 Å². The number of anilines is 1. The lowest BCUT2D eigenvalue weighted by Gasteiger charge is -2.02. The molecule has 0 aliphatic carbocycles. The number of hydrogen-bond donors (Lipinski definition) is 2. The predicted octanol–water partition coefficient (Wildman–Crippen LogP) is -0.158. The lowest BCUT2D eigenvalue weighted by molar-refractivity contribution is 0.133. The van der Waals surface area contributed by atoms with Crippen molar-refractivity contribution in [3.8, 4) is 0 Å². The first-order valence-corrected chi connectivity index (χ1v) is 3.69. The number of H-pyrrole nitrogens is 1. The molecule has 64 valence electrons. The molecule has 0 amide bonds. The normalized spacial score (nSPS) is 14.4. The van der Waals surface area contributed by atoms with Crippen LogP contribution in [0.15, 0.2) is 4.79 Å². The van der Waals surface area contributed by atoms with E-state index in [1.54, 1.807) is 7.05 Å². The van der Waals surface area contributed by atoms with Crippen LogP contribution in [0.2, 0.25) is 0 Å². The fraction of sp³-hybridized carbons (Fsp3) is 0.429. The Labute approximate surface area is 68.8 Å². The molecule has 1 aromatic heterocycles. The van der Waals surface area contributed by atoms with Gasteiger partial charge >= 0.3 is 5.69 Å². The standard InChI is InChI=1S/C7H9N3O2/c1-8-6-4-2-12-3-5(4)9-7(11)10-6/h2-3H2,1H3,(H2,8,9,10,11). The summed E-state index contributed by atoms with van der Waals surface area (Å²) in [5, 5.41) is 2.86. The molecular formula is C7H9N3O2. The third-order valence-corrected chi connectivity index (χ3v) is 1.85. The summed E-state index contributed by atoms with van der Waals surface area (Å²) in [7, 11) is 1.74. The highest BCUT2D eigenvalue weighted by molar-refractivity contribution is 5.45. The van der Waals surface area contributed by atoms with Crippen molar-refractivity contribution >= 4 is 5.82 Å². The minimum Gasteiger partial charge on any atom is -0.373 e. The Morgan fingerprint density at radius 3 is 3.17 bits per heavy atom. The first kappa shape index (κ1) is 7.30. The molecule has 2 heterocycles. The Balaban J connectivity index is 2.62. The van der Waals surface area contributed by atoms with Gasteiger partial charge in [-0.25, -0.2) is 4.79 Å². The van der Waals surface area contributed by atoms with E-state index in [1.165, 1.54) is 0 Å². The Kier molecular flexibility index (Phi) is 1.58. The summed E-state index contributed by atoms with van der Waals surface area (Å²) in [4.78, 5) is 17.3. The number of ether oxygens (including phenoxy) is 1. The lowest BCUT2D eigenvalue weighted by Crippen LogP contribution is -2.15. The van der Waals surface area contributed by atoms with E-state index in [1.807, 2.05) is 0 Å². The zero-order valence-corrected chi connectivity index (χ0v) is 6.68. The topological polar surface area (TPSA) is 67.0 Å². The Morgan fingerprint density at radius 2 is 2.42 bits per heavy atom. The van der Waals surface area contributed by atoms with Crippen molar-refractivity contribution in [1.82, 2.24) is 9.97 Å². The van der Waals surface area contributed by atoms with E-state index >= 15 is 0 Å². The monoisotopic (exact) mass is 167 g/mol. The molecule has 12 heavy (non-hydrogen) atoms. The molecule has 1 aliphatic rings. The van der Waals surface area contributed by atoms with E-state index in [9.17, 15) is 4.79 Å². The van der Waals surface area contributed by atoms with Crippen LogP contribution < -0.4 is 11.0 Å². The van der Waals surface area contributed by atoms with E-state index in [-0.39, 0.29) is 5.69 Å². The average molecular weight is 167 g/mol. The van der Waals surface area contributed by atoms with Gasteiger partial charge in [-0.1, -0.05) is 0 Å². The third-order valence-electron chi connectivity index (χ3n) is 1.85. The summed E-state index contributed by atoms with van der Waals surface area (Å²) in [5.74, 6) is 0.617. The summed E-state index contributed by atoms with van der Waals surface area (Å²) < 4.78 is 5.16. The zero-order valence-electron chi connectivity index (χ0n) is 6.68. The lowest BCUT2D eigenvalue weighted by atomic mass is 10.2. The molecule has 5 nitrogen and oxygen atoms in total. The van der Waals surface area contributed by atoms with Crippen molar-refractivity contribution in [1.29, 1.82) is 0 Å². The maximum atomic E-state index is 10.9. The largest absolute Gasteiger partial charge is 0.373 e. The quantitative estimate of drug-likeness (QED) is 0.610. The van der Waals surface area contributed by atoms with Gasteiger partial charge in [-0.3, -0.25) is 0 Å². The highest BCUT2D eigenvalue weighted by Gasteiger charge is 2.16. The van der Waals surface area contributed by atoms with Crippen LogP contribution in [0.25, 0.3) is 0 Å². The Bertz CT molecular complexity index is 358. The zero-order chi connectivity index (χ0) is 8.55. The van der Waals surface area contributed by atoms with E-state index in [4.69, 9.17) is 4.74 Å². The minimum absolute atomic E-state index is 0.330. The van der Waals surface area contributed by atoms with Crippen LogP contribution in [0.3, 0.4) is 0 Å². The number of aromatic amines is 1. The van der Waals surface area contributed by atoms with Gasteiger partial charge in [0.2, 0.25) is 0 Å². The van der Waals surface area contributed by atoms with Crippen LogP contribution in [-0.4, -0.2) is 17.0 Å². The smallest absolute Gasteiger partial charge is 0.347 e. The summed E-state index contributed by atoms with van der Waals surface area (Å²) >= 11 is 0. The summed E-state index contributed by atoms with van der Waals surface area (Å²) in [6.07, 6.45) is 0. The van der Waals surface area contributed by atoms with Gasteiger partial charge in [0.1, 0.15) is 5.82 Å². The highest BCUT2D eigenvalue weighted by Crippen LogP contribution is 2.21. The molecule has 2 rings (SSSR count). The van der Waals surface area contributed by atoms with Gasteiger partial charge in [-0.05, 0) is 0 Å². The fourth-order valence-corrected chi connectivity index (χ4v) is 1.29. The SMILES string of the molecule is CNc1nc(=O)[nH]c2c1COC2. The summed E-state index contributed by atoms with van der Waals surface area (Å²) in [5.41, 5.74) is 1.46. The first-order chi connectivity index (χ1) is 5.81.